The Labute approximate surface area is 91.5 Å². The van der Waals surface area contributed by atoms with Gasteiger partial charge in [-0.3, -0.25) is 9.78 Å². The van der Waals surface area contributed by atoms with Crippen LogP contribution in [0.15, 0.2) is 6.20 Å². The van der Waals surface area contributed by atoms with Gasteiger partial charge in [-0.05, 0) is 0 Å². The predicted molar refractivity (Wildman–Crippen MR) is 44.3 cm³/mol. The normalized spacial score (nSPS) is 11.4. The average Bonchev–Trinajstić information content (AvgIpc) is 2.25. The molecule has 0 aliphatic heterocycles. The monoisotopic (exact) mass is 250 g/mol. The first kappa shape index (κ1) is 13.0. The van der Waals surface area contributed by atoms with Gasteiger partial charge in [0.1, 0.15) is 11.8 Å². The van der Waals surface area contributed by atoms with Crippen LogP contribution in [0.3, 0.4) is 0 Å². The number of halogens is 5. The van der Waals surface area contributed by atoms with Crippen LogP contribution in [0.25, 0.3) is 0 Å². The van der Waals surface area contributed by atoms with Crippen molar-refractivity contribution in [1.82, 2.24) is 4.98 Å². The molecule has 0 saturated heterocycles. The maximum atomic E-state index is 12.5. The second kappa shape index (κ2) is 4.45. The molecule has 1 aromatic rings. The zero-order valence-electron chi connectivity index (χ0n) is 7.92. The smallest absolute Gasteiger partial charge is 0.298 e. The predicted octanol–water partition coefficient (Wildman–Crippen LogP) is 2.72. The van der Waals surface area contributed by atoms with Gasteiger partial charge in [0, 0.05) is 6.20 Å². The van der Waals surface area contributed by atoms with Crippen LogP contribution in [0.4, 0.5) is 22.0 Å². The van der Waals surface area contributed by atoms with Gasteiger partial charge in [0.15, 0.2) is 6.29 Å². The first-order valence-electron chi connectivity index (χ1n) is 4.06. The maximum Gasteiger partial charge on any atom is 0.418 e. The van der Waals surface area contributed by atoms with Gasteiger partial charge < -0.3 is 0 Å². The van der Waals surface area contributed by atoms with Crippen molar-refractivity contribution in [3.05, 3.63) is 28.6 Å². The number of alkyl halides is 5. The van der Waals surface area contributed by atoms with Gasteiger partial charge in [-0.25, -0.2) is 8.78 Å². The minimum Gasteiger partial charge on any atom is -0.298 e. The van der Waals surface area contributed by atoms with E-state index in [1.807, 2.05) is 0 Å². The molecule has 0 atom stereocenters. The van der Waals surface area contributed by atoms with Gasteiger partial charge in [0.05, 0.1) is 16.7 Å². The second-order valence-electron chi connectivity index (χ2n) is 2.87. The summed E-state index contributed by atoms with van der Waals surface area (Å²) in [5.74, 6) is 0. The van der Waals surface area contributed by atoms with Crippen LogP contribution in [-0.4, -0.2) is 11.3 Å². The first-order valence-corrected chi connectivity index (χ1v) is 4.06. The molecule has 0 aliphatic carbocycles. The Kier molecular flexibility index (Phi) is 3.41. The molecule has 1 rings (SSSR count). The molecule has 17 heavy (non-hydrogen) atoms. The molecule has 0 amide bonds. The fourth-order valence-electron chi connectivity index (χ4n) is 1.22. The summed E-state index contributed by atoms with van der Waals surface area (Å²) >= 11 is 0. The molecule has 0 aliphatic rings. The largest absolute Gasteiger partial charge is 0.418 e. The van der Waals surface area contributed by atoms with Crippen LogP contribution in [-0.2, 0) is 6.18 Å². The topological polar surface area (TPSA) is 53.8 Å². The standard InChI is InChI=1S/C9H3F5N2O/c10-8(11)7-5(3-17)6(9(12,13)14)4(1-15)2-16-7/h2-3,8H. The van der Waals surface area contributed by atoms with Crippen molar-refractivity contribution < 1.29 is 26.7 Å². The number of pyridine rings is 1. The van der Waals surface area contributed by atoms with E-state index in [9.17, 15) is 26.7 Å². The average molecular weight is 250 g/mol. The molecule has 90 valence electrons. The lowest BCUT2D eigenvalue weighted by molar-refractivity contribution is -0.138. The second-order valence-corrected chi connectivity index (χ2v) is 2.87. The number of hydrogen-bond donors (Lipinski definition) is 0. The Hall–Kier alpha value is -2.04. The molecule has 3 nitrogen and oxygen atoms in total. The van der Waals surface area contributed by atoms with Crippen molar-refractivity contribution in [3.8, 4) is 6.07 Å². The molecule has 0 saturated carbocycles. The van der Waals surface area contributed by atoms with Crippen LogP contribution in [0.2, 0.25) is 0 Å². The summed E-state index contributed by atoms with van der Waals surface area (Å²) in [6.07, 6.45) is -8.41. The summed E-state index contributed by atoms with van der Waals surface area (Å²) in [4.78, 5) is 13.5. The zero-order chi connectivity index (χ0) is 13.2. The lowest BCUT2D eigenvalue weighted by Gasteiger charge is -2.13. The fourth-order valence-corrected chi connectivity index (χ4v) is 1.22. The number of nitrogens with zero attached hydrogens (tertiary/aromatic N) is 2. The van der Waals surface area contributed by atoms with Crippen LogP contribution >= 0.6 is 0 Å². The molecule has 1 heterocycles. The Morgan fingerprint density at radius 1 is 1.41 bits per heavy atom. The molecule has 0 bridgehead atoms. The molecule has 0 spiro atoms. The molecule has 1 aromatic heterocycles. The third kappa shape index (κ3) is 2.38. The van der Waals surface area contributed by atoms with E-state index in [1.54, 1.807) is 0 Å². The Balaban J connectivity index is 3.68. The van der Waals surface area contributed by atoms with Gasteiger partial charge in [0.2, 0.25) is 0 Å². The minimum absolute atomic E-state index is 0.372. The van der Waals surface area contributed by atoms with Gasteiger partial charge in [-0.1, -0.05) is 0 Å². The third-order valence-corrected chi connectivity index (χ3v) is 1.88. The molecule has 0 N–H and O–H groups in total. The highest BCUT2D eigenvalue weighted by Gasteiger charge is 2.39. The van der Waals surface area contributed by atoms with Crippen LogP contribution in [0, 0.1) is 11.3 Å². The number of aromatic nitrogens is 1. The number of carbonyl (C=O) groups is 1. The lowest BCUT2D eigenvalue weighted by atomic mass is 10.0. The van der Waals surface area contributed by atoms with E-state index in [-0.39, 0.29) is 6.29 Å². The summed E-state index contributed by atoms with van der Waals surface area (Å²) in [5, 5.41) is 8.44. The van der Waals surface area contributed by atoms with Crippen molar-refractivity contribution in [3.63, 3.8) is 0 Å². The van der Waals surface area contributed by atoms with Crippen LogP contribution in [0.1, 0.15) is 33.6 Å². The fraction of sp³-hybridized carbons (Fsp3) is 0.222. The SMILES string of the molecule is N#Cc1cnc(C(F)F)c(C=O)c1C(F)(F)F. The summed E-state index contributed by atoms with van der Waals surface area (Å²) in [5.41, 5.74) is -5.23. The van der Waals surface area contributed by atoms with Crippen LogP contribution in [0.5, 0.6) is 0 Å². The highest BCUT2D eigenvalue weighted by Crippen LogP contribution is 2.36. The van der Waals surface area contributed by atoms with E-state index < -0.39 is 35.0 Å². The van der Waals surface area contributed by atoms with E-state index in [0.717, 1.165) is 6.07 Å². The van der Waals surface area contributed by atoms with Gasteiger partial charge in [-0.2, -0.15) is 18.4 Å². The number of nitriles is 1. The Morgan fingerprint density at radius 2 is 2.00 bits per heavy atom. The molecule has 0 unspecified atom stereocenters. The molecule has 0 fully saturated rings. The Bertz CT molecular complexity index is 489. The van der Waals surface area contributed by atoms with Crippen LogP contribution < -0.4 is 0 Å². The van der Waals surface area contributed by atoms with E-state index in [1.165, 1.54) is 0 Å². The van der Waals surface area contributed by atoms with E-state index in [0.29, 0.717) is 6.20 Å². The summed E-state index contributed by atoms with van der Waals surface area (Å²) < 4.78 is 62.3. The van der Waals surface area contributed by atoms with Crippen molar-refractivity contribution in [2.75, 3.05) is 0 Å². The maximum absolute atomic E-state index is 12.5. The molecule has 0 radical (unpaired) electrons. The third-order valence-electron chi connectivity index (χ3n) is 1.88. The Morgan fingerprint density at radius 3 is 2.35 bits per heavy atom. The number of hydrogen-bond acceptors (Lipinski definition) is 3. The van der Waals surface area contributed by atoms with Gasteiger partial charge >= 0.3 is 6.18 Å². The van der Waals surface area contributed by atoms with Crippen molar-refractivity contribution in [1.29, 1.82) is 5.26 Å². The van der Waals surface area contributed by atoms with E-state index in [2.05, 4.69) is 4.98 Å². The van der Waals surface area contributed by atoms with Gasteiger partial charge in [0.25, 0.3) is 6.43 Å². The summed E-state index contributed by atoms with van der Waals surface area (Å²) in [6, 6.07) is 1.16. The number of rotatable bonds is 2. The lowest BCUT2D eigenvalue weighted by Crippen LogP contribution is -2.15. The first-order chi connectivity index (χ1) is 7.82. The number of aldehydes is 1. The summed E-state index contributed by atoms with van der Waals surface area (Å²) in [6.45, 7) is 0. The van der Waals surface area contributed by atoms with Gasteiger partial charge in [-0.15, -0.1) is 0 Å². The minimum atomic E-state index is -5.08. The number of carbonyl (C=O) groups excluding carboxylic acids is 1. The molecule has 8 heteroatoms. The highest BCUT2D eigenvalue weighted by atomic mass is 19.4. The van der Waals surface area contributed by atoms with E-state index in [4.69, 9.17) is 5.26 Å². The van der Waals surface area contributed by atoms with Crippen molar-refractivity contribution in [2.45, 2.75) is 12.6 Å². The zero-order valence-corrected chi connectivity index (χ0v) is 7.92. The van der Waals surface area contributed by atoms with Crippen molar-refractivity contribution >= 4 is 6.29 Å². The van der Waals surface area contributed by atoms with Crippen molar-refractivity contribution in [2.24, 2.45) is 0 Å². The molecular weight excluding hydrogens is 247 g/mol. The molecule has 0 aromatic carbocycles. The molecular formula is C9H3F5N2O. The van der Waals surface area contributed by atoms with E-state index >= 15 is 0 Å². The highest BCUT2D eigenvalue weighted by molar-refractivity contribution is 5.80. The summed E-state index contributed by atoms with van der Waals surface area (Å²) in [7, 11) is 0. The quantitative estimate of drug-likeness (QED) is 0.599.